The molecule has 2 heterocycles. The summed E-state index contributed by atoms with van der Waals surface area (Å²) >= 11 is 0. The van der Waals surface area contributed by atoms with Gasteiger partial charge in [-0.05, 0) is 38.2 Å². The van der Waals surface area contributed by atoms with Crippen molar-refractivity contribution in [3.63, 3.8) is 0 Å². The van der Waals surface area contributed by atoms with E-state index in [0.717, 1.165) is 90.8 Å². The lowest BCUT2D eigenvalue weighted by Crippen LogP contribution is -2.48. The van der Waals surface area contributed by atoms with Crippen LogP contribution in [-0.2, 0) is 16.0 Å². The van der Waals surface area contributed by atoms with Crippen molar-refractivity contribution in [2.45, 2.75) is 45.2 Å². The molecule has 2 saturated heterocycles. The zero-order chi connectivity index (χ0) is 20.2. The highest BCUT2D eigenvalue weighted by atomic mass is 16.5. The maximum Gasteiger partial charge on any atom is 0.191 e. The lowest BCUT2D eigenvalue weighted by molar-refractivity contribution is 0.0893. The van der Waals surface area contributed by atoms with Gasteiger partial charge in [0.1, 0.15) is 0 Å². The first-order valence-corrected chi connectivity index (χ1v) is 11.3. The van der Waals surface area contributed by atoms with Crippen LogP contribution in [0.1, 0.15) is 38.2 Å². The van der Waals surface area contributed by atoms with Gasteiger partial charge in [0.05, 0.1) is 13.2 Å². The van der Waals surface area contributed by atoms with E-state index in [1.165, 1.54) is 5.56 Å². The maximum atomic E-state index is 5.77. The van der Waals surface area contributed by atoms with Crippen molar-refractivity contribution in [3.8, 4) is 0 Å². The molecule has 0 aromatic heterocycles. The molecule has 6 nitrogen and oxygen atoms in total. The highest BCUT2D eigenvalue weighted by Gasteiger charge is 2.20. The molecule has 1 aromatic rings. The van der Waals surface area contributed by atoms with Crippen LogP contribution in [0.4, 0.5) is 0 Å². The third-order valence-corrected chi connectivity index (χ3v) is 5.62. The molecule has 3 rings (SSSR count). The van der Waals surface area contributed by atoms with E-state index in [2.05, 4.69) is 52.8 Å². The number of hydrogen-bond acceptors (Lipinski definition) is 4. The molecule has 0 spiro atoms. The number of benzene rings is 1. The molecule has 2 N–H and O–H groups in total. The molecule has 1 unspecified atom stereocenters. The smallest absolute Gasteiger partial charge is 0.191 e. The highest BCUT2D eigenvalue weighted by Crippen LogP contribution is 2.14. The van der Waals surface area contributed by atoms with E-state index in [1.54, 1.807) is 0 Å². The van der Waals surface area contributed by atoms with Crippen LogP contribution in [0.5, 0.6) is 0 Å². The molecular formula is C23H38N4O2. The summed E-state index contributed by atoms with van der Waals surface area (Å²) in [6.07, 6.45) is 4.41. The van der Waals surface area contributed by atoms with Crippen LogP contribution in [0, 0.1) is 5.92 Å². The summed E-state index contributed by atoms with van der Waals surface area (Å²) in [5.41, 5.74) is 1.40. The molecular weight excluding hydrogens is 364 g/mol. The zero-order valence-electron chi connectivity index (χ0n) is 17.9. The van der Waals surface area contributed by atoms with Crippen molar-refractivity contribution in [2.24, 2.45) is 10.9 Å². The number of likely N-dealkylation sites (tertiary alicyclic amines) is 1. The summed E-state index contributed by atoms with van der Waals surface area (Å²) in [5, 5.41) is 7.02. The molecule has 1 aromatic carbocycles. The number of nitrogens with zero attached hydrogens (tertiary/aromatic N) is 2. The van der Waals surface area contributed by atoms with Gasteiger partial charge in [-0.15, -0.1) is 0 Å². The summed E-state index contributed by atoms with van der Waals surface area (Å²) in [5.74, 6) is 1.53. The molecule has 29 heavy (non-hydrogen) atoms. The Kier molecular flexibility index (Phi) is 9.76. The van der Waals surface area contributed by atoms with E-state index in [1.807, 2.05) is 0 Å². The van der Waals surface area contributed by atoms with Crippen LogP contribution in [0.2, 0.25) is 0 Å². The highest BCUT2D eigenvalue weighted by molar-refractivity contribution is 5.80. The van der Waals surface area contributed by atoms with Gasteiger partial charge in [-0.25, -0.2) is 0 Å². The molecule has 6 heteroatoms. The minimum Gasteiger partial charge on any atom is -0.381 e. The van der Waals surface area contributed by atoms with Crippen molar-refractivity contribution < 1.29 is 9.47 Å². The normalized spacial score (nSPS) is 21.4. The fourth-order valence-corrected chi connectivity index (χ4v) is 3.91. The van der Waals surface area contributed by atoms with Crippen LogP contribution in [0.3, 0.4) is 0 Å². The van der Waals surface area contributed by atoms with Gasteiger partial charge < -0.3 is 20.1 Å². The van der Waals surface area contributed by atoms with E-state index in [-0.39, 0.29) is 0 Å². The Bertz CT molecular complexity index is 582. The fourth-order valence-electron chi connectivity index (χ4n) is 3.91. The van der Waals surface area contributed by atoms with E-state index >= 15 is 0 Å². The van der Waals surface area contributed by atoms with Gasteiger partial charge in [-0.1, -0.05) is 30.3 Å². The maximum absolute atomic E-state index is 5.77. The van der Waals surface area contributed by atoms with Crippen LogP contribution in [-0.4, -0.2) is 69.5 Å². The van der Waals surface area contributed by atoms with Crippen LogP contribution in [0.15, 0.2) is 35.3 Å². The second kappa shape index (κ2) is 12.8. The molecule has 162 valence electrons. The molecule has 1 atom stereocenters. The molecule has 2 fully saturated rings. The Morgan fingerprint density at radius 2 is 2.03 bits per heavy atom. The molecule has 0 radical (unpaired) electrons. The summed E-state index contributed by atoms with van der Waals surface area (Å²) in [6.45, 7) is 10.5. The first-order valence-electron chi connectivity index (χ1n) is 11.3. The SMILES string of the molecule is CCNC(=NCCCOCC1CCOC1)NC1CCN(Cc2ccccc2)CC1. The van der Waals surface area contributed by atoms with Gasteiger partial charge in [-0.2, -0.15) is 0 Å². The first kappa shape index (κ1) is 22.1. The monoisotopic (exact) mass is 402 g/mol. The van der Waals surface area contributed by atoms with E-state index in [9.17, 15) is 0 Å². The van der Waals surface area contributed by atoms with Gasteiger partial charge in [0.15, 0.2) is 5.96 Å². The predicted octanol–water partition coefficient (Wildman–Crippen LogP) is 2.65. The Labute approximate surface area is 176 Å². The molecule has 0 amide bonds. The Hall–Kier alpha value is -1.63. The third kappa shape index (κ3) is 8.33. The number of piperidine rings is 1. The Morgan fingerprint density at radius 3 is 2.76 bits per heavy atom. The summed E-state index contributed by atoms with van der Waals surface area (Å²) in [7, 11) is 0. The minimum atomic E-state index is 0.499. The number of nitrogens with one attached hydrogen (secondary N) is 2. The summed E-state index contributed by atoms with van der Waals surface area (Å²) < 4.78 is 11.2. The second-order valence-corrected chi connectivity index (χ2v) is 8.10. The van der Waals surface area contributed by atoms with Gasteiger partial charge in [-0.3, -0.25) is 9.89 Å². The van der Waals surface area contributed by atoms with E-state index in [0.29, 0.717) is 12.0 Å². The summed E-state index contributed by atoms with van der Waals surface area (Å²) in [6, 6.07) is 11.3. The molecule has 2 aliphatic heterocycles. The third-order valence-electron chi connectivity index (χ3n) is 5.62. The number of aliphatic imine (C=N–C) groups is 1. The van der Waals surface area contributed by atoms with Crippen LogP contribution in [0.25, 0.3) is 0 Å². The molecule has 0 saturated carbocycles. The van der Waals surface area contributed by atoms with E-state index < -0.39 is 0 Å². The lowest BCUT2D eigenvalue weighted by Gasteiger charge is -2.33. The molecule has 0 aliphatic carbocycles. The quantitative estimate of drug-likeness (QED) is 0.358. The largest absolute Gasteiger partial charge is 0.381 e. The van der Waals surface area contributed by atoms with Gasteiger partial charge in [0.2, 0.25) is 0 Å². The second-order valence-electron chi connectivity index (χ2n) is 8.10. The number of ether oxygens (including phenoxy) is 2. The van der Waals surface area contributed by atoms with Gasteiger partial charge >= 0.3 is 0 Å². The van der Waals surface area contributed by atoms with Gasteiger partial charge in [0.25, 0.3) is 0 Å². The topological polar surface area (TPSA) is 58.1 Å². The van der Waals surface area contributed by atoms with Crippen LogP contribution < -0.4 is 10.6 Å². The number of hydrogen-bond donors (Lipinski definition) is 2. The Balaban J connectivity index is 1.31. The average Bonchev–Trinajstić information content (AvgIpc) is 3.26. The van der Waals surface area contributed by atoms with Crippen molar-refractivity contribution in [1.29, 1.82) is 0 Å². The average molecular weight is 403 g/mol. The minimum absolute atomic E-state index is 0.499. The Morgan fingerprint density at radius 1 is 1.21 bits per heavy atom. The summed E-state index contributed by atoms with van der Waals surface area (Å²) in [4.78, 5) is 7.29. The zero-order valence-corrected chi connectivity index (χ0v) is 17.9. The molecule has 0 bridgehead atoms. The van der Waals surface area contributed by atoms with Crippen molar-refractivity contribution in [3.05, 3.63) is 35.9 Å². The van der Waals surface area contributed by atoms with Crippen molar-refractivity contribution in [2.75, 3.05) is 52.6 Å². The fraction of sp³-hybridized carbons (Fsp3) is 0.696. The van der Waals surface area contributed by atoms with Gasteiger partial charge in [0, 0.05) is 57.9 Å². The predicted molar refractivity (Wildman–Crippen MR) is 118 cm³/mol. The number of guanidine groups is 1. The standard InChI is InChI=1S/C23H38N4O2/c1-2-24-23(25-12-6-15-28-18-21-11-16-29-19-21)26-22-9-13-27(14-10-22)17-20-7-4-3-5-8-20/h3-5,7-8,21-22H,2,6,9-19H2,1H3,(H2,24,25,26). The van der Waals surface area contributed by atoms with Crippen molar-refractivity contribution in [1.82, 2.24) is 15.5 Å². The molecule has 2 aliphatic rings. The van der Waals surface area contributed by atoms with Crippen LogP contribution >= 0.6 is 0 Å². The van der Waals surface area contributed by atoms with Crippen molar-refractivity contribution >= 4 is 5.96 Å². The lowest BCUT2D eigenvalue weighted by atomic mass is 10.0. The number of rotatable bonds is 10. The first-order chi connectivity index (χ1) is 14.3. The van der Waals surface area contributed by atoms with E-state index in [4.69, 9.17) is 14.5 Å².